The quantitative estimate of drug-likeness (QED) is 0.784. The number of amides is 2. The van der Waals surface area contributed by atoms with Gasteiger partial charge in [0.1, 0.15) is 4.90 Å². The summed E-state index contributed by atoms with van der Waals surface area (Å²) < 4.78 is 26.8. The summed E-state index contributed by atoms with van der Waals surface area (Å²) in [6.45, 7) is -0.261. The van der Waals surface area contributed by atoms with E-state index in [4.69, 9.17) is 23.2 Å². The van der Waals surface area contributed by atoms with Crippen LogP contribution in [0.25, 0.3) is 0 Å². The van der Waals surface area contributed by atoms with Crippen LogP contribution in [0.5, 0.6) is 0 Å². The second kappa shape index (κ2) is 6.76. The van der Waals surface area contributed by atoms with E-state index in [0.29, 0.717) is 0 Å². The van der Waals surface area contributed by atoms with Crippen molar-refractivity contribution >= 4 is 45.0 Å². The molecule has 2 aromatic carbocycles. The Hall–Kier alpha value is -1.93. The second-order valence-electron chi connectivity index (χ2n) is 5.25. The lowest BCUT2D eigenvalue weighted by Gasteiger charge is -2.14. The van der Waals surface area contributed by atoms with E-state index < -0.39 is 21.8 Å². The highest BCUT2D eigenvalue weighted by molar-refractivity contribution is 7.89. The zero-order chi connectivity index (χ0) is 18.2. The van der Waals surface area contributed by atoms with Gasteiger partial charge in [0.05, 0.1) is 21.2 Å². The molecule has 0 atom stereocenters. The minimum atomic E-state index is -3.85. The maximum absolute atomic E-state index is 12.3. The third-order valence-corrected chi connectivity index (χ3v) is 5.98. The fourth-order valence-corrected chi connectivity index (χ4v) is 4.32. The number of carbonyl (C=O) groups excluding carboxylic acids is 2. The van der Waals surface area contributed by atoms with Crippen LogP contribution in [0.2, 0.25) is 10.0 Å². The number of fused-ring (bicyclic) bond motifs is 1. The summed E-state index contributed by atoms with van der Waals surface area (Å²) in [6, 6.07) is 10.6. The van der Waals surface area contributed by atoms with Crippen LogP contribution in [-0.4, -0.2) is 38.2 Å². The Morgan fingerprint density at radius 2 is 1.60 bits per heavy atom. The molecule has 9 heteroatoms. The number of nitrogens with zero attached hydrogens (tertiary/aromatic N) is 1. The molecule has 1 aliphatic rings. The number of hydrogen-bond donors (Lipinski definition) is 1. The Morgan fingerprint density at radius 3 is 2.28 bits per heavy atom. The summed E-state index contributed by atoms with van der Waals surface area (Å²) in [5.41, 5.74) is 0.356. The average molecular weight is 399 g/mol. The van der Waals surface area contributed by atoms with Crippen LogP contribution in [0, 0.1) is 0 Å². The van der Waals surface area contributed by atoms with Crippen LogP contribution in [0.15, 0.2) is 47.4 Å². The van der Waals surface area contributed by atoms with Gasteiger partial charge in [0.2, 0.25) is 10.0 Å². The van der Waals surface area contributed by atoms with Gasteiger partial charge in [0.25, 0.3) is 11.8 Å². The van der Waals surface area contributed by atoms with Gasteiger partial charge in [-0.1, -0.05) is 41.4 Å². The number of hydrogen-bond acceptors (Lipinski definition) is 4. The standard InChI is InChI=1S/C16H12Cl2N2O4S/c17-11-5-1-2-7-13(11)25(23,24)19-8-9-20-15(21)10-4-3-6-12(18)14(10)16(20)22/h1-7,19H,8-9H2. The van der Waals surface area contributed by atoms with Gasteiger partial charge in [-0.25, -0.2) is 13.1 Å². The lowest BCUT2D eigenvalue weighted by Crippen LogP contribution is -2.38. The molecule has 0 fully saturated rings. The summed E-state index contributed by atoms with van der Waals surface area (Å²) in [4.78, 5) is 25.5. The van der Waals surface area contributed by atoms with Gasteiger partial charge < -0.3 is 0 Å². The molecule has 2 aromatic rings. The molecule has 1 N–H and O–H groups in total. The highest BCUT2D eigenvalue weighted by Gasteiger charge is 2.36. The van der Waals surface area contributed by atoms with Crippen LogP contribution in [0.1, 0.15) is 20.7 Å². The second-order valence-corrected chi connectivity index (χ2v) is 7.80. The topological polar surface area (TPSA) is 83.6 Å². The van der Waals surface area contributed by atoms with Crippen molar-refractivity contribution in [3.8, 4) is 0 Å². The molecule has 130 valence electrons. The van der Waals surface area contributed by atoms with E-state index in [1.54, 1.807) is 18.2 Å². The molecule has 3 rings (SSSR count). The maximum Gasteiger partial charge on any atom is 0.263 e. The number of carbonyl (C=O) groups is 2. The fourth-order valence-electron chi connectivity index (χ4n) is 2.53. The summed E-state index contributed by atoms with van der Waals surface area (Å²) >= 11 is 11.9. The average Bonchev–Trinajstić information content (AvgIpc) is 2.81. The lowest BCUT2D eigenvalue weighted by molar-refractivity contribution is 0.0657. The lowest BCUT2D eigenvalue weighted by atomic mass is 10.1. The van der Waals surface area contributed by atoms with Crippen molar-refractivity contribution in [2.75, 3.05) is 13.1 Å². The Bertz CT molecular complexity index is 976. The smallest absolute Gasteiger partial charge is 0.263 e. The molecule has 0 aliphatic carbocycles. The maximum atomic E-state index is 12.3. The van der Waals surface area contributed by atoms with E-state index in [0.717, 1.165) is 4.90 Å². The Kier molecular flexibility index (Phi) is 4.83. The molecule has 0 radical (unpaired) electrons. The molecule has 1 heterocycles. The molecule has 1 aliphatic heterocycles. The molecule has 25 heavy (non-hydrogen) atoms. The van der Waals surface area contributed by atoms with E-state index in [2.05, 4.69) is 4.72 Å². The molecular weight excluding hydrogens is 387 g/mol. The molecule has 0 saturated heterocycles. The number of rotatable bonds is 5. The SMILES string of the molecule is O=C1c2cccc(Cl)c2C(=O)N1CCNS(=O)(=O)c1ccccc1Cl. The molecular formula is C16H12Cl2N2O4S. The minimum absolute atomic E-state index is 0.0675. The van der Waals surface area contributed by atoms with E-state index in [1.807, 2.05) is 0 Å². The van der Waals surface area contributed by atoms with Gasteiger partial charge in [0, 0.05) is 13.1 Å². The zero-order valence-electron chi connectivity index (χ0n) is 12.7. The van der Waals surface area contributed by atoms with Crippen LogP contribution >= 0.6 is 23.2 Å². The molecule has 0 aromatic heterocycles. The van der Waals surface area contributed by atoms with Crippen molar-refractivity contribution in [3.05, 3.63) is 63.6 Å². The third-order valence-electron chi connectivity index (χ3n) is 3.70. The normalized spacial score (nSPS) is 14.1. The van der Waals surface area contributed by atoms with Gasteiger partial charge in [-0.2, -0.15) is 0 Å². The van der Waals surface area contributed by atoms with Gasteiger partial charge in [0.15, 0.2) is 0 Å². The predicted octanol–water partition coefficient (Wildman–Crippen LogP) is 2.57. The van der Waals surface area contributed by atoms with E-state index in [1.165, 1.54) is 24.3 Å². The summed E-state index contributed by atoms with van der Waals surface area (Å²) in [5, 5.41) is 0.275. The van der Waals surface area contributed by atoms with Crippen LogP contribution in [0.3, 0.4) is 0 Å². The number of sulfonamides is 1. The number of halogens is 2. The zero-order valence-corrected chi connectivity index (χ0v) is 15.0. The first-order valence-corrected chi connectivity index (χ1v) is 9.46. The van der Waals surface area contributed by atoms with Crippen LogP contribution in [-0.2, 0) is 10.0 Å². The summed E-state index contributed by atoms with van der Waals surface area (Å²) in [6.07, 6.45) is 0. The molecule has 0 saturated carbocycles. The summed E-state index contributed by atoms with van der Waals surface area (Å²) in [7, 11) is -3.85. The number of benzene rings is 2. The molecule has 2 amide bonds. The first kappa shape index (κ1) is 17.9. The fraction of sp³-hybridized carbons (Fsp3) is 0.125. The number of nitrogens with one attached hydrogen (secondary N) is 1. The van der Waals surface area contributed by atoms with Crippen LogP contribution < -0.4 is 4.72 Å². The van der Waals surface area contributed by atoms with Gasteiger partial charge >= 0.3 is 0 Å². The van der Waals surface area contributed by atoms with E-state index in [9.17, 15) is 18.0 Å². The first-order valence-electron chi connectivity index (χ1n) is 7.22. The van der Waals surface area contributed by atoms with Crippen molar-refractivity contribution in [3.63, 3.8) is 0 Å². The van der Waals surface area contributed by atoms with Gasteiger partial charge in [-0.05, 0) is 24.3 Å². The van der Waals surface area contributed by atoms with Gasteiger partial charge in [-0.15, -0.1) is 0 Å². The highest BCUT2D eigenvalue weighted by Crippen LogP contribution is 2.28. The van der Waals surface area contributed by atoms with Crippen molar-refractivity contribution in [2.24, 2.45) is 0 Å². The van der Waals surface area contributed by atoms with Crippen molar-refractivity contribution in [2.45, 2.75) is 4.90 Å². The molecule has 6 nitrogen and oxygen atoms in total. The molecule has 0 unspecified atom stereocenters. The van der Waals surface area contributed by atoms with Gasteiger partial charge in [-0.3, -0.25) is 14.5 Å². The predicted molar refractivity (Wildman–Crippen MR) is 93.5 cm³/mol. The summed E-state index contributed by atoms with van der Waals surface area (Å²) in [5.74, 6) is -1.04. The molecule has 0 spiro atoms. The van der Waals surface area contributed by atoms with Crippen molar-refractivity contribution in [1.82, 2.24) is 9.62 Å². The minimum Gasteiger partial charge on any atom is -0.273 e. The van der Waals surface area contributed by atoms with Crippen molar-refractivity contribution < 1.29 is 18.0 Å². The Morgan fingerprint density at radius 1 is 0.920 bits per heavy atom. The Labute approximate surface area is 154 Å². The van der Waals surface area contributed by atoms with Crippen molar-refractivity contribution in [1.29, 1.82) is 0 Å². The van der Waals surface area contributed by atoms with E-state index >= 15 is 0 Å². The highest BCUT2D eigenvalue weighted by atomic mass is 35.5. The third kappa shape index (κ3) is 3.28. The molecule has 0 bridgehead atoms. The monoisotopic (exact) mass is 398 g/mol. The largest absolute Gasteiger partial charge is 0.273 e. The first-order chi connectivity index (χ1) is 11.8. The number of imide groups is 1. The van der Waals surface area contributed by atoms with Crippen LogP contribution in [0.4, 0.5) is 0 Å². The van der Waals surface area contributed by atoms with E-state index in [-0.39, 0.29) is 39.2 Å². The Balaban J connectivity index is 1.72.